The number of hydrogen-bond donors (Lipinski definition) is 0. The summed E-state index contributed by atoms with van der Waals surface area (Å²) in [7, 11) is 0. The zero-order valence-corrected chi connectivity index (χ0v) is 9.00. The van der Waals surface area contributed by atoms with Crippen LogP contribution >= 0.6 is 0 Å². The summed E-state index contributed by atoms with van der Waals surface area (Å²) >= 11 is 0. The first-order valence-corrected chi connectivity index (χ1v) is 4.92. The molecule has 0 aliphatic heterocycles. The molecule has 0 spiro atoms. The molecule has 0 radical (unpaired) electrons. The van der Waals surface area contributed by atoms with Crippen molar-refractivity contribution in [3.05, 3.63) is 58.2 Å². The van der Waals surface area contributed by atoms with Crippen LogP contribution in [0.3, 0.4) is 0 Å². The number of nitro groups is 1. The Hall–Kier alpha value is -2.81. The van der Waals surface area contributed by atoms with Crippen molar-refractivity contribution in [3.63, 3.8) is 0 Å². The van der Waals surface area contributed by atoms with Gasteiger partial charge in [-0.15, -0.1) is 0 Å². The fourth-order valence-electron chi connectivity index (χ4n) is 1.54. The van der Waals surface area contributed by atoms with Crippen molar-refractivity contribution in [1.82, 2.24) is 4.98 Å². The second-order valence-electron chi connectivity index (χ2n) is 3.46. The fraction of sp³-hybridized carbons (Fsp3) is 0. The summed E-state index contributed by atoms with van der Waals surface area (Å²) < 4.78 is 13.5. The molecule has 0 N–H and O–H groups in total. The molecule has 0 fully saturated rings. The van der Waals surface area contributed by atoms with E-state index in [9.17, 15) is 14.5 Å². The van der Waals surface area contributed by atoms with Crippen molar-refractivity contribution >= 4 is 5.69 Å². The molecule has 18 heavy (non-hydrogen) atoms. The Balaban J connectivity index is 2.57. The first-order chi connectivity index (χ1) is 8.63. The van der Waals surface area contributed by atoms with Crippen molar-refractivity contribution < 1.29 is 9.31 Å². The number of benzene rings is 1. The highest BCUT2D eigenvalue weighted by atomic mass is 19.1. The molecule has 1 aromatic carbocycles. The molecule has 2 aromatic rings. The quantitative estimate of drug-likeness (QED) is 0.599. The number of nitriles is 1. The van der Waals surface area contributed by atoms with Crippen LogP contribution in [0.5, 0.6) is 0 Å². The lowest BCUT2D eigenvalue weighted by Gasteiger charge is -2.03. The van der Waals surface area contributed by atoms with Gasteiger partial charge in [0.25, 0.3) is 0 Å². The summed E-state index contributed by atoms with van der Waals surface area (Å²) in [6, 6.07) is 6.93. The molecule has 0 saturated carbocycles. The van der Waals surface area contributed by atoms with Crippen molar-refractivity contribution in [2.24, 2.45) is 0 Å². The minimum absolute atomic E-state index is 0.332. The average Bonchev–Trinajstić information content (AvgIpc) is 2.38. The highest BCUT2D eigenvalue weighted by Crippen LogP contribution is 2.27. The molecule has 2 rings (SSSR count). The number of nitrogens with zero attached hydrogens (tertiary/aromatic N) is 3. The van der Waals surface area contributed by atoms with Crippen molar-refractivity contribution in [2.75, 3.05) is 0 Å². The van der Waals surface area contributed by atoms with Gasteiger partial charge in [-0.2, -0.15) is 9.65 Å². The number of pyridine rings is 1. The van der Waals surface area contributed by atoms with E-state index in [0.717, 1.165) is 12.1 Å². The van der Waals surface area contributed by atoms with Crippen LogP contribution in [0.25, 0.3) is 11.1 Å². The van der Waals surface area contributed by atoms with Gasteiger partial charge in [0, 0.05) is 24.0 Å². The van der Waals surface area contributed by atoms with Gasteiger partial charge in [0.2, 0.25) is 5.82 Å². The minimum Gasteiger partial charge on any atom is -0.264 e. The van der Waals surface area contributed by atoms with Crippen LogP contribution in [-0.4, -0.2) is 9.91 Å². The number of aromatic nitrogens is 1. The van der Waals surface area contributed by atoms with E-state index >= 15 is 0 Å². The lowest BCUT2D eigenvalue weighted by atomic mass is 10.0. The molecule has 0 amide bonds. The first kappa shape index (κ1) is 11.7. The van der Waals surface area contributed by atoms with Crippen LogP contribution in [0, 0.1) is 27.3 Å². The predicted molar refractivity (Wildman–Crippen MR) is 61.0 cm³/mol. The molecule has 88 valence electrons. The Morgan fingerprint density at radius 2 is 2.17 bits per heavy atom. The topological polar surface area (TPSA) is 79.8 Å². The standard InChI is InChI=1S/C12H6FN3O2/c13-11-5-8(1-2-12(11)16(17)18)10-7-15-4-3-9(10)6-14/h1-5,7H. The number of hydrogen-bond acceptors (Lipinski definition) is 4. The van der Waals surface area contributed by atoms with Gasteiger partial charge in [-0.05, 0) is 23.8 Å². The van der Waals surface area contributed by atoms with E-state index in [0.29, 0.717) is 16.7 Å². The van der Waals surface area contributed by atoms with Crippen LogP contribution in [-0.2, 0) is 0 Å². The Morgan fingerprint density at radius 3 is 2.78 bits per heavy atom. The first-order valence-electron chi connectivity index (χ1n) is 4.92. The lowest BCUT2D eigenvalue weighted by Crippen LogP contribution is -1.93. The van der Waals surface area contributed by atoms with Gasteiger partial charge in [0.05, 0.1) is 16.6 Å². The molecule has 0 aliphatic carbocycles. The van der Waals surface area contributed by atoms with Gasteiger partial charge in [0.15, 0.2) is 0 Å². The highest BCUT2D eigenvalue weighted by Gasteiger charge is 2.15. The molecule has 1 aromatic heterocycles. The third-order valence-corrected chi connectivity index (χ3v) is 2.40. The van der Waals surface area contributed by atoms with Gasteiger partial charge < -0.3 is 0 Å². The number of rotatable bonds is 2. The molecule has 0 aliphatic rings. The summed E-state index contributed by atoms with van der Waals surface area (Å²) in [6.45, 7) is 0. The molecule has 0 unspecified atom stereocenters. The zero-order valence-electron chi connectivity index (χ0n) is 9.00. The van der Waals surface area contributed by atoms with Crippen molar-refractivity contribution in [1.29, 1.82) is 5.26 Å². The maximum atomic E-state index is 13.5. The van der Waals surface area contributed by atoms with Gasteiger partial charge in [-0.1, -0.05) is 0 Å². The van der Waals surface area contributed by atoms with Crippen LogP contribution < -0.4 is 0 Å². The molecule has 1 heterocycles. The van der Waals surface area contributed by atoms with Gasteiger partial charge >= 0.3 is 5.69 Å². The van der Waals surface area contributed by atoms with E-state index in [1.54, 1.807) is 0 Å². The third kappa shape index (κ3) is 2.01. The number of halogens is 1. The van der Waals surface area contributed by atoms with Gasteiger partial charge in [-0.3, -0.25) is 15.1 Å². The Labute approximate surface area is 101 Å². The highest BCUT2D eigenvalue weighted by molar-refractivity contribution is 5.70. The number of nitro benzene ring substituents is 1. The maximum Gasteiger partial charge on any atom is 0.304 e. The lowest BCUT2D eigenvalue weighted by molar-refractivity contribution is -0.387. The van der Waals surface area contributed by atoms with Crippen LogP contribution in [0.4, 0.5) is 10.1 Å². The summed E-state index contributed by atoms with van der Waals surface area (Å²) in [4.78, 5) is 13.5. The van der Waals surface area contributed by atoms with E-state index in [-0.39, 0.29) is 0 Å². The normalized spacial score (nSPS) is 9.78. The third-order valence-electron chi connectivity index (χ3n) is 2.40. The summed E-state index contributed by atoms with van der Waals surface area (Å²) in [5, 5.41) is 19.4. The Kier molecular flexibility index (Phi) is 2.98. The van der Waals surface area contributed by atoms with Crippen LogP contribution in [0.15, 0.2) is 36.7 Å². The zero-order chi connectivity index (χ0) is 13.1. The molecule has 6 heteroatoms. The summed E-state index contributed by atoms with van der Waals surface area (Å²) in [5.41, 5.74) is 0.552. The molecular formula is C12H6FN3O2. The maximum absolute atomic E-state index is 13.5. The van der Waals surface area contributed by atoms with Crippen molar-refractivity contribution in [3.8, 4) is 17.2 Å². The second kappa shape index (κ2) is 4.59. The fourth-order valence-corrected chi connectivity index (χ4v) is 1.54. The molecule has 0 saturated heterocycles. The average molecular weight is 243 g/mol. The van der Waals surface area contributed by atoms with Gasteiger partial charge in [-0.25, -0.2) is 0 Å². The summed E-state index contributed by atoms with van der Waals surface area (Å²) in [5.74, 6) is -0.940. The predicted octanol–water partition coefficient (Wildman–Crippen LogP) is 2.67. The Bertz CT molecular complexity index is 665. The Morgan fingerprint density at radius 1 is 1.39 bits per heavy atom. The van der Waals surface area contributed by atoms with Crippen LogP contribution in [0.1, 0.15) is 5.56 Å². The second-order valence-corrected chi connectivity index (χ2v) is 3.46. The minimum atomic E-state index is -0.940. The summed E-state index contributed by atoms with van der Waals surface area (Å²) in [6.07, 6.45) is 2.86. The van der Waals surface area contributed by atoms with Gasteiger partial charge in [0.1, 0.15) is 0 Å². The molecule has 5 nitrogen and oxygen atoms in total. The molecule has 0 bridgehead atoms. The largest absolute Gasteiger partial charge is 0.304 e. The van der Waals surface area contributed by atoms with E-state index < -0.39 is 16.4 Å². The van der Waals surface area contributed by atoms with E-state index in [1.165, 1.54) is 24.5 Å². The monoisotopic (exact) mass is 243 g/mol. The van der Waals surface area contributed by atoms with Crippen molar-refractivity contribution in [2.45, 2.75) is 0 Å². The molecular weight excluding hydrogens is 237 g/mol. The van der Waals surface area contributed by atoms with Crippen LogP contribution in [0.2, 0.25) is 0 Å². The van der Waals surface area contributed by atoms with E-state index in [1.807, 2.05) is 6.07 Å². The molecule has 0 atom stereocenters. The van der Waals surface area contributed by atoms with E-state index in [4.69, 9.17) is 5.26 Å². The van der Waals surface area contributed by atoms with E-state index in [2.05, 4.69) is 4.98 Å². The smallest absolute Gasteiger partial charge is 0.264 e. The SMILES string of the molecule is N#Cc1ccncc1-c1ccc([N+](=O)[O-])c(F)c1.